The van der Waals surface area contributed by atoms with E-state index in [0.717, 1.165) is 16.6 Å². The van der Waals surface area contributed by atoms with E-state index in [2.05, 4.69) is 24.1 Å². The van der Waals surface area contributed by atoms with E-state index < -0.39 is 0 Å². The smallest absolute Gasteiger partial charge is 0.326 e. The minimum absolute atomic E-state index is 0.0277. The second-order valence-electron chi connectivity index (χ2n) is 7.41. The Morgan fingerprint density at radius 3 is 2.57 bits per heavy atom. The Balaban J connectivity index is 1.52. The summed E-state index contributed by atoms with van der Waals surface area (Å²) in [6.07, 6.45) is 1.13. The molecule has 0 saturated carbocycles. The van der Waals surface area contributed by atoms with Gasteiger partial charge in [0.15, 0.2) is 0 Å². The number of carbonyl (C=O) groups is 1. The summed E-state index contributed by atoms with van der Waals surface area (Å²) in [6, 6.07) is 15.3. The molecule has 1 amide bonds. The Labute approximate surface area is 169 Å². The molecular formula is C22H26ClN3O2. The van der Waals surface area contributed by atoms with Gasteiger partial charge in [-0.25, -0.2) is 4.79 Å². The number of imidazole rings is 1. The monoisotopic (exact) mass is 399 g/mol. The van der Waals surface area contributed by atoms with Crippen LogP contribution in [-0.2, 0) is 11.3 Å². The average molecular weight is 400 g/mol. The number of H-pyrrole nitrogens is 1. The summed E-state index contributed by atoms with van der Waals surface area (Å²) in [5, 5.41) is 3.69. The molecule has 3 aromatic rings. The van der Waals surface area contributed by atoms with Crippen LogP contribution in [0.25, 0.3) is 11.0 Å². The Morgan fingerprint density at radius 1 is 1.14 bits per heavy atom. The summed E-state index contributed by atoms with van der Waals surface area (Å²) in [5.41, 5.74) is 2.73. The van der Waals surface area contributed by atoms with E-state index in [1.54, 1.807) is 4.57 Å². The first-order chi connectivity index (χ1) is 13.5. The standard InChI is InChI=1S/C22H26ClN3O2/c1-15(2)18(16-8-10-17(23)11-9-16)14-21(27)24-12-5-13-26-20-7-4-3-6-19(20)25-22(26)28/h3-4,6-11,15,18H,5,12-14H2,1-2H3,(H,24,27)(H,25,28). The second kappa shape index (κ2) is 9.11. The number of carbonyl (C=O) groups excluding carboxylic acids is 1. The molecule has 0 radical (unpaired) electrons. The van der Waals surface area contributed by atoms with E-state index in [-0.39, 0.29) is 17.5 Å². The lowest BCUT2D eigenvalue weighted by Gasteiger charge is -2.21. The zero-order chi connectivity index (χ0) is 20.1. The SMILES string of the molecule is CC(C)C(CC(=O)NCCCn1c(=O)[nH]c2ccccc21)c1ccc(Cl)cc1. The van der Waals surface area contributed by atoms with Gasteiger partial charge in [0.1, 0.15) is 0 Å². The van der Waals surface area contributed by atoms with Crippen molar-refractivity contribution in [1.82, 2.24) is 14.9 Å². The molecule has 6 heteroatoms. The summed E-state index contributed by atoms with van der Waals surface area (Å²) in [6.45, 7) is 5.34. The second-order valence-corrected chi connectivity index (χ2v) is 7.85. The van der Waals surface area contributed by atoms with Crippen molar-refractivity contribution < 1.29 is 4.79 Å². The van der Waals surface area contributed by atoms with Gasteiger partial charge in [-0.1, -0.05) is 49.7 Å². The fourth-order valence-electron chi connectivity index (χ4n) is 3.51. The van der Waals surface area contributed by atoms with Gasteiger partial charge in [-0.2, -0.15) is 0 Å². The van der Waals surface area contributed by atoms with Gasteiger partial charge in [0.25, 0.3) is 0 Å². The van der Waals surface area contributed by atoms with E-state index in [4.69, 9.17) is 11.6 Å². The van der Waals surface area contributed by atoms with Gasteiger partial charge in [0, 0.05) is 24.5 Å². The number of aromatic nitrogens is 2. The van der Waals surface area contributed by atoms with Crippen LogP contribution >= 0.6 is 11.6 Å². The fraction of sp³-hybridized carbons (Fsp3) is 0.364. The molecule has 0 bridgehead atoms. The lowest BCUT2D eigenvalue weighted by molar-refractivity contribution is -0.121. The van der Waals surface area contributed by atoms with Gasteiger partial charge in [-0.3, -0.25) is 9.36 Å². The van der Waals surface area contributed by atoms with Crippen LogP contribution in [0.4, 0.5) is 0 Å². The van der Waals surface area contributed by atoms with Crippen molar-refractivity contribution in [3.05, 3.63) is 69.6 Å². The number of rotatable bonds is 8. The van der Waals surface area contributed by atoms with E-state index in [0.29, 0.717) is 36.9 Å². The van der Waals surface area contributed by atoms with Crippen LogP contribution in [-0.4, -0.2) is 22.0 Å². The quantitative estimate of drug-likeness (QED) is 0.554. The van der Waals surface area contributed by atoms with Crippen LogP contribution in [0.5, 0.6) is 0 Å². The molecule has 5 nitrogen and oxygen atoms in total. The molecule has 1 aromatic heterocycles. The predicted octanol–water partition coefficient (Wildman–Crippen LogP) is 4.32. The third-order valence-electron chi connectivity index (χ3n) is 5.07. The number of para-hydroxylation sites is 2. The van der Waals surface area contributed by atoms with Crippen LogP contribution in [0.1, 0.15) is 38.2 Å². The maximum absolute atomic E-state index is 12.4. The van der Waals surface area contributed by atoms with Crippen molar-refractivity contribution in [3.8, 4) is 0 Å². The Hall–Kier alpha value is -2.53. The lowest BCUT2D eigenvalue weighted by Crippen LogP contribution is -2.28. The van der Waals surface area contributed by atoms with E-state index in [1.165, 1.54) is 0 Å². The average Bonchev–Trinajstić information content (AvgIpc) is 2.99. The number of nitrogens with one attached hydrogen (secondary N) is 2. The third kappa shape index (κ3) is 4.84. The van der Waals surface area contributed by atoms with Crippen molar-refractivity contribution in [3.63, 3.8) is 0 Å². The molecule has 2 N–H and O–H groups in total. The number of halogens is 1. The van der Waals surface area contributed by atoms with Crippen LogP contribution in [0.3, 0.4) is 0 Å². The highest BCUT2D eigenvalue weighted by molar-refractivity contribution is 6.30. The van der Waals surface area contributed by atoms with E-state index >= 15 is 0 Å². The van der Waals surface area contributed by atoms with Crippen LogP contribution in [0.2, 0.25) is 5.02 Å². The largest absolute Gasteiger partial charge is 0.356 e. The summed E-state index contributed by atoms with van der Waals surface area (Å²) in [7, 11) is 0. The Kier molecular flexibility index (Phi) is 6.57. The Morgan fingerprint density at radius 2 is 1.86 bits per heavy atom. The molecule has 0 aliphatic heterocycles. The number of benzene rings is 2. The molecule has 0 saturated heterocycles. The topological polar surface area (TPSA) is 66.9 Å². The first-order valence-corrected chi connectivity index (χ1v) is 10.0. The number of aryl methyl sites for hydroxylation is 1. The van der Waals surface area contributed by atoms with Gasteiger partial charge >= 0.3 is 5.69 Å². The summed E-state index contributed by atoms with van der Waals surface area (Å²) >= 11 is 5.97. The molecule has 2 aromatic carbocycles. The highest BCUT2D eigenvalue weighted by atomic mass is 35.5. The van der Waals surface area contributed by atoms with Gasteiger partial charge < -0.3 is 10.3 Å². The molecule has 1 heterocycles. The van der Waals surface area contributed by atoms with Crippen molar-refractivity contribution in [1.29, 1.82) is 0 Å². The van der Waals surface area contributed by atoms with Gasteiger partial charge in [-0.15, -0.1) is 0 Å². The number of hydrogen-bond donors (Lipinski definition) is 2. The molecule has 0 fully saturated rings. The molecule has 1 unspecified atom stereocenters. The predicted molar refractivity (Wildman–Crippen MR) is 114 cm³/mol. The van der Waals surface area contributed by atoms with Crippen LogP contribution in [0, 0.1) is 5.92 Å². The molecule has 3 rings (SSSR count). The maximum Gasteiger partial charge on any atom is 0.326 e. The van der Waals surface area contributed by atoms with Crippen molar-refractivity contribution in [2.45, 2.75) is 39.2 Å². The van der Waals surface area contributed by atoms with Gasteiger partial charge in [0.05, 0.1) is 11.0 Å². The Bertz CT molecular complexity index is 989. The zero-order valence-electron chi connectivity index (χ0n) is 16.2. The molecule has 0 spiro atoms. The van der Waals surface area contributed by atoms with Crippen molar-refractivity contribution in [2.24, 2.45) is 5.92 Å². The zero-order valence-corrected chi connectivity index (χ0v) is 17.0. The van der Waals surface area contributed by atoms with E-state index in [9.17, 15) is 9.59 Å². The molecule has 148 valence electrons. The number of hydrogen-bond acceptors (Lipinski definition) is 2. The first kappa shape index (κ1) is 20.2. The van der Waals surface area contributed by atoms with Gasteiger partial charge in [0.2, 0.25) is 5.91 Å². The number of amides is 1. The number of fused-ring (bicyclic) bond motifs is 1. The summed E-state index contributed by atoms with van der Waals surface area (Å²) in [5.74, 6) is 0.519. The van der Waals surface area contributed by atoms with Crippen LogP contribution < -0.4 is 11.0 Å². The molecule has 28 heavy (non-hydrogen) atoms. The fourth-order valence-corrected chi connectivity index (χ4v) is 3.64. The third-order valence-corrected chi connectivity index (χ3v) is 5.32. The lowest BCUT2D eigenvalue weighted by atomic mass is 9.85. The first-order valence-electron chi connectivity index (χ1n) is 9.65. The highest BCUT2D eigenvalue weighted by Gasteiger charge is 2.19. The number of nitrogens with zero attached hydrogens (tertiary/aromatic N) is 1. The molecule has 1 atom stereocenters. The number of aromatic amines is 1. The maximum atomic E-state index is 12.4. The van der Waals surface area contributed by atoms with Crippen molar-refractivity contribution >= 4 is 28.5 Å². The summed E-state index contributed by atoms with van der Waals surface area (Å²) in [4.78, 5) is 27.4. The molecular weight excluding hydrogens is 374 g/mol. The van der Waals surface area contributed by atoms with Crippen LogP contribution in [0.15, 0.2) is 53.3 Å². The van der Waals surface area contributed by atoms with Crippen molar-refractivity contribution in [2.75, 3.05) is 6.54 Å². The normalized spacial score (nSPS) is 12.4. The molecule has 0 aliphatic carbocycles. The minimum Gasteiger partial charge on any atom is -0.356 e. The van der Waals surface area contributed by atoms with Gasteiger partial charge in [-0.05, 0) is 48.1 Å². The highest BCUT2D eigenvalue weighted by Crippen LogP contribution is 2.28. The van der Waals surface area contributed by atoms with E-state index in [1.807, 2.05) is 48.5 Å². The molecule has 0 aliphatic rings. The minimum atomic E-state index is -0.116. The summed E-state index contributed by atoms with van der Waals surface area (Å²) < 4.78 is 1.71.